The van der Waals surface area contributed by atoms with Gasteiger partial charge in [-0.25, -0.2) is 9.37 Å². The van der Waals surface area contributed by atoms with Crippen LogP contribution in [0.2, 0.25) is 5.02 Å². The molecule has 5 nitrogen and oxygen atoms in total. The highest BCUT2D eigenvalue weighted by Gasteiger charge is 2.44. The van der Waals surface area contributed by atoms with E-state index in [9.17, 15) is 9.18 Å². The molecule has 0 bridgehead atoms. The number of benzene rings is 3. The first-order chi connectivity index (χ1) is 18.1. The van der Waals surface area contributed by atoms with Crippen LogP contribution in [0.4, 0.5) is 4.39 Å². The Morgan fingerprint density at radius 3 is 2.55 bits per heavy atom. The lowest BCUT2D eigenvalue weighted by Crippen LogP contribution is -2.50. The largest absolute Gasteiger partial charge is 0.294 e. The van der Waals surface area contributed by atoms with E-state index in [4.69, 9.17) is 16.6 Å². The maximum Gasteiger partial charge on any atom is 0.261 e. The minimum atomic E-state index is -0.595. The van der Waals surface area contributed by atoms with Crippen LogP contribution in [0.25, 0.3) is 10.9 Å². The van der Waals surface area contributed by atoms with Gasteiger partial charge >= 0.3 is 0 Å². The molecule has 2 heterocycles. The Morgan fingerprint density at radius 1 is 1.11 bits per heavy atom. The molecule has 7 heteroatoms. The summed E-state index contributed by atoms with van der Waals surface area (Å²) >= 11 is 6.25. The molecule has 1 fully saturated rings. The van der Waals surface area contributed by atoms with Gasteiger partial charge < -0.3 is 0 Å². The van der Waals surface area contributed by atoms with Crippen LogP contribution in [-0.4, -0.2) is 21.6 Å². The number of fused-ring (bicyclic) bond motifs is 1. The van der Waals surface area contributed by atoms with Crippen molar-refractivity contribution in [3.05, 3.63) is 110 Å². The molecule has 2 atom stereocenters. The monoisotopic (exact) mass is 532 g/mol. The molecular formula is C31H34ClFN4O. The van der Waals surface area contributed by atoms with Crippen molar-refractivity contribution < 1.29 is 4.39 Å². The third-order valence-corrected chi connectivity index (χ3v) is 7.65. The Balaban J connectivity index is 1.52. The number of aryl methyl sites for hydroxylation is 1. The molecule has 1 aromatic heterocycles. The second-order valence-corrected chi connectivity index (χ2v) is 11.7. The van der Waals surface area contributed by atoms with Gasteiger partial charge in [-0.1, -0.05) is 61.0 Å². The van der Waals surface area contributed by atoms with Crippen LogP contribution >= 0.6 is 11.6 Å². The number of halogens is 2. The van der Waals surface area contributed by atoms with E-state index in [-0.39, 0.29) is 22.8 Å². The number of nitrogens with zero attached hydrogens (tertiary/aromatic N) is 2. The average molecular weight is 533 g/mol. The average Bonchev–Trinajstić information content (AvgIpc) is 3.18. The molecular weight excluding hydrogens is 499 g/mol. The molecule has 0 spiro atoms. The van der Waals surface area contributed by atoms with E-state index in [1.54, 1.807) is 35.8 Å². The van der Waals surface area contributed by atoms with Crippen LogP contribution in [-0.2, 0) is 18.6 Å². The lowest BCUT2D eigenvalue weighted by molar-refractivity contribution is 0.240. The number of rotatable bonds is 7. The summed E-state index contributed by atoms with van der Waals surface area (Å²) in [5, 5.41) is 8.50. The highest BCUT2D eigenvalue weighted by molar-refractivity contribution is 6.31. The van der Waals surface area contributed by atoms with Gasteiger partial charge in [0.25, 0.3) is 5.56 Å². The zero-order valence-corrected chi connectivity index (χ0v) is 23.1. The summed E-state index contributed by atoms with van der Waals surface area (Å²) in [6.07, 6.45) is 1.26. The summed E-state index contributed by atoms with van der Waals surface area (Å²) < 4.78 is 16.4. The van der Waals surface area contributed by atoms with E-state index in [1.165, 1.54) is 0 Å². The summed E-state index contributed by atoms with van der Waals surface area (Å²) in [4.78, 5) is 18.6. The Kier molecular flexibility index (Phi) is 7.16. The maximum atomic E-state index is 14.7. The van der Waals surface area contributed by atoms with Crippen molar-refractivity contribution in [3.8, 4) is 0 Å². The van der Waals surface area contributed by atoms with E-state index in [0.29, 0.717) is 46.7 Å². The summed E-state index contributed by atoms with van der Waals surface area (Å²) in [5.41, 5.74) is 2.30. The van der Waals surface area contributed by atoms with Gasteiger partial charge in [-0.3, -0.25) is 20.0 Å². The van der Waals surface area contributed by atoms with Gasteiger partial charge in [0.2, 0.25) is 0 Å². The first-order valence-corrected chi connectivity index (χ1v) is 13.5. The lowest BCUT2D eigenvalue weighted by Gasteiger charge is -2.35. The van der Waals surface area contributed by atoms with Crippen LogP contribution in [0.15, 0.2) is 71.5 Å². The molecule has 1 aliphatic rings. The van der Waals surface area contributed by atoms with Crippen molar-refractivity contribution in [2.75, 3.05) is 6.54 Å². The number of aromatic nitrogens is 2. The van der Waals surface area contributed by atoms with Crippen LogP contribution in [0, 0.1) is 18.7 Å². The van der Waals surface area contributed by atoms with Crippen molar-refractivity contribution in [1.82, 2.24) is 20.2 Å². The van der Waals surface area contributed by atoms with E-state index in [2.05, 4.69) is 31.4 Å². The fourth-order valence-electron chi connectivity index (χ4n) is 5.54. The summed E-state index contributed by atoms with van der Waals surface area (Å²) in [7, 11) is 0. The van der Waals surface area contributed by atoms with Gasteiger partial charge in [-0.05, 0) is 74.1 Å². The second kappa shape index (κ2) is 10.3. The van der Waals surface area contributed by atoms with Gasteiger partial charge in [-0.2, -0.15) is 0 Å². The van der Waals surface area contributed by atoms with Gasteiger partial charge in [0.1, 0.15) is 11.6 Å². The second-order valence-electron chi connectivity index (χ2n) is 11.3. The summed E-state index contributed by atoms with van der Waals surface area (Å²) in [6, 6.07) is 20.6. The predicted molar refractivity (Wildman–Crippen MR) is 152 cm³/mol. The molecule has 1 aliphatic heterocycles. The molecule has 4 aromatic rings. The molecule has 38 heavy (non-hydrogen) atoms. The lowest BCUT2D eigenvalue weighted by atomic mass is 9.87. The number of hydrogen-bond donors (Lipinski definition) is 2. The van der Waals surface area contributed by atoms with Crippen molar-refractivity contribution >= 4 is 22.5 Å². The standard InChI is InChI=1S/C31H34ClFN4O/c1-20(17-31(34-19-30(3,4)36-31)23-11-10-21(2)26(33)15-23)14-28-35-27-16-24(32)12-13-25(27)29(38)37(28)18-22-8-6-5-7-9-22/h5-13,15-16,20,34,36H,14,17-19H2,1-4H3. The molecule has 2 unspecified atom stereocenters. The molecule has 0 radical (unpaired) electrons. The minimum Gasteiger partial charge on any atom is -0.294 e. The molecule has 0 aliphatic carbocycles. The maximum absolute atomic E-state index is 14.7. The fraction of sp³-hybridized carbons (Fsp3) is 0.355. The fourth-order valence-corrected chi connectivity index (χ4v) is 5.71. The van der Waals surface area contributed by atoms with Crippen LogP contribution < -0.4 is 16.2 Å². The highest BCUT2D eigenvalue weighted by atomic mass is 35.5. The van der Waals surface area contributed by atoms with Gasteiger partial charge in [0.15, 0.2) is 0 Å². The van der Waals surface area contributed by atoms with Crippen molar-refractivity contribution in [1.29, 1.82) is 0 Å². The molecule has 5 rings (SSSR count). The van der Waals surface area contributed by atoms with Crippen LogP contribution in [0.5, 0.6) is 0 Å². The third kappa shape index (κ3) is 5.39. The predicted octanol–water partition coefficient (Wildman–Crippen LogP) is 5.94. The van der Waals surface area contributed by atoms with E-state index < -0.39 is 5.66 Å². The topological polar surface area (TPSA) is 59.0 Å². The first kappa shape index (κ1) is 26.5. The van der Waals surface area contributed by atoms with Gasteiger partial charge in [0, 0.05) is 23.5 Å². The zero-order valence-electron chi connectivity index (χ0n) is 22.3. The Morgan fingerprint density at radius 2 is 1.87 bits per heavy atom. The number of nitrogens with one attached hydrogen (secondary N) is 2. The minimum absolute atomic E-state index is 0.0775. The molecule has 1 saturated heterocycles. The van der Waals surface area contributed by atoms with Crippen LogP contribution in [0.3, 0.4) is 0 Å². The summed E-state index contributed by atoms with van der Waals surface area (Å²) in [5.74, 6) is 0.607. The number of hydrogen-bond acceptors (Lipinski definition) is 4. The molecule has 2 N–H and O–H groups in total. The third-order valence-electron chi connectivity index (χ3n) is 7.41. The van der Waals surface area contributed by atoms with E-state index in [0.717, 1.165) is 17.7 Å². The Bertz CT molecular complexity index is 1530. The van der Waals surface area contributed by atoms with Crippen molar-refractivity contribution in [2.45, 2.75) is 58.3 Å². The van der Waals surface area contributed by atoms with Crippen LogP contribution in [0.1, 0.15) is 49.7 Å². The molecule has 0 saturated carbocycles. The van der Waals surface area contributed by atoms with Gasteiger partial charge in [-0.15, -0.1) is 0 Å². The van der Waals surface area contributed by atoms with E-state index >= 15 is 0 Å². The SMILES string of the molecule is Cc1ccc(C2(CC(C)Cc3nc4cc(Cl)ccc4c(=O)n3Cc3ccccc3)NCC(C)(C)N2)cc1F. The van der Waals surface area contributed by atoms with Crippen molar-refractivity contribution in [2.24, 2.45) is 5.92 Å². The normalized spacial score (nSPS) is 19.6. The molecule has 3 aromatic carbocycles. The molecule has 198 valence electrons. The first-order valence-electron chi connectivity index (χ1n) is 13.1. The molecule has 0 amide bonds. The van der Waals surface area contributed by atoms with Gasteiger partial charge in [0.05, 0.1) is 23.1 Å². The Labute approximate surface area is 228 Å². The Hall–Kier alpha value is -3.06. The van der Waals surface area contributed by atoms with E-state index in [1.807, 2.05) is 42.5 Å². The highest BCUT2D eigenvalue weighted by Crippen LogP contribution is 2.34. The van der Waals surface area contributed by atoms with Crippen molar-refractivity contribution in [3.63, 3.8) is 0 Å². The smallest absolute Gasteiger partial charge is 0.261 e. The quantitative estimate of drug-likeness (QED) is 0.309. The summed E-state index contributed by atoms with van der Waals surface area (Å²) in [6.45, 7) is 9.40. The zero-order chi connectivity index (χ0) is 27.1.